The zero-order chi connectivity index (χ0) is 18.7. The Balaban J connectivity index is 1.55. The second-order valence-electron chi connectivity index (χ2n) is 6.20. The molecule has 140 valence electrons. The van der Waals surface area contributed by atoms with Crippen LogP contribution in [0.3, 0.4) is 0 Å². The number of hydrogen-bond donors (Lipinski definition) is 4. The van der Waals surface area contributed by atoms with Crippen molar-refractivity contribution in [2.45, 2.75) is 31.2 Å². The van der Waals surface area contributed by atoms with Gasteiger partial charge in [-0.25, -0.2) is 0 Å². The van der Waals surface area contributed by atoms with E-state index in [0.29, 0.717) is 0 Å². The summed E-state index contributed by atoms with van der Waals surface area (Å²) in [6.07, 6.45) is -3.51. The van der Waals surface area contributed by atoms with E-state index in [9.17, 15) is 23.1 Å². The minimum absolute atomic E-state index is 0.131. The third kappa shape index (κ3) is 4.23. The standard InChI is InChI=1S/C17H19F3N4O2/c18-17(19,20)11-5-3-10(4-6-11)15(25)9-22-16(26)14-8-13(23-24-14)12-2-1-7-21-12/h3-6,8,12,15,21,25H,1-2,7,9H2,(H,22,26)(H,23,24). The number of rotatable bonds is 5. The first kappa shape index (κ1) is 18.4. The van der Waals surface area contributed by atoms with Gasteiger partial charge in [-0.3, -0.25) is 9.89 Å². The van der Waals surface area contributed by atoms with Gasteiger partial charge in [0.2, 0.25) is 0 Å². The number of nitrogens with one attached hydrogen (secondary N) is 3. The fourth-order valence-corrected chi connectivity index (χ4v) is 2.87. The minimum Gasteiger partial charge on any atom is -0.387 e. The number of amides is 1. The molecule has 1 amide bonds. The van der Waals surface area contributed by atoms with Crippen LogP contribution in [0.25, 0.3) is 0 Å². The highest BCUT2D eigenvalue weighted by atomic mass is 19.4. The first-order valence-electron chi connectivity index (χ1n) is 8.26. The highest BCUT2D eigenvalue weighted by Crippen LogP contribution is 2.29. The van der Waals surface area contributed by atoms with Gasteiger partial charge in [0.1, 0.15) is 5.69 Å². The lowest BCUT2D eigenvalue weighted by Gasteiger charge is -2.13. The fraction of sp³-hybridized carbons (Fsp3) is 0.412. The third-order valence-electron chi connectivity index (χ3n) is 4.34. The summed E-state index contributed by atoms with van der Waals surface area (Å²) in [4.78, 5) is 12.1. The zero-order valence-electron chi connectivity index (χ0n) is 13.8. The van der Waals surface area contributed by atoms with E-state index >= 15 is 0 Å². The average molecular weight is 368 g/mol. The van der Waals surface area contributed by atoms with Crippen molar-refractivity contribution < 1.29 is 23.1 Å². The molecule has 6 nitrogen and oxygen atoms in total. The second kappa shape index (κ2) is 7.46. The number of aliphatic hydroxyl groups is 1. The summed E-state index contributed by atoms with van der Waals surface area (Å²) in [6.45, 7) is 0.790. The lowest BCUT2D eigenvalue weighted by atomic mass is 10.1. The van der Waals surface area contributed by atoms with Gasteiger partial charge >= 0.3 is 6.18 Å². The summed E-state index contributed by atoms with van der Waals surface area (Å²) in [7, 11) is 0. The van der Waals surface area contributed by atoms with Gasteiger partial charge in [-0.2, -0.15) is 18.3 Å². The zero-order valence-corrected chi connectivity index (χ0v) is 13.8. The van der Waals surface area contributed by atoms with Crippen molar-refractivity contribution in [1.29, 1.82) is 0 Å². The highest BCUT2D eigenvalue weighted by Gasteiger charge is 2.30. The molecule has 0 spiro atoms. The predicted molar refractivity (Wildman–Crippen MR) is 87.3 cm³/mol. The number of carbonyl (C=O) groups excluding carboxylic acids is 1. The van der Waals surface area contributed by atoms with Crippen molar-refractivity contribution in [3.05, 3.63) is 52.8 Å². The van der Waals surface area contributed by atoms with Crippen LogP contribution < -0.4 is 10.6 Å². The molecular formula is C17H19F3N4O2. The van der Waals surface area contributed by atoms with Crippen LogP contribution in [0.2, 0.25) is 0 Å². The van der Waals surface area contributed by atoms with Crippen molar-refractivity contribution in [3.63, 3.8) is 0 Å². The maximum atomic E-state index is 12.5. The van der Waals surface area contributed by atoms with Gasteiger partial charge in [0.15, 0.2) is 0 Å². The first-order chi connectivity index (χ1) is 12.3. The van der Waals surface area contributed by atoms with E-state index < -0.39 is 23.8 Å². The number of nitrogens with zero attached hydrogens (tertiary/aromatic N) is 1. The summed E-state index contributed by atoms with van der Waals surface area (Å²) in [5.74, 6) is -0.462. The van der Waals surface area contributed by atoms with Crippen LogP contribution in [0.4, 0.5) is 13.2 Å². The maximum absolute atomic E-state index is 12.5. The highest BCUT2D eigenvalue weighted by molar-refractivity contribution is 5.92. The Kier molecular flexibility index (Phi) is 5.28. The lowest BCUT2D eigenvalue weighted by molar-refractivity contribution is -0.137. The second-order valence-corrected chi connectivity index (χ2v) is 6.20. The molecule has 0 bridgehead atoms. The van der Waals surface area contributed by atoms with Gasteiger partial charge in [0, 0.05) is 12.6 Å². The Morgan fingerprint density at radius 1 is 1.35 bits per heavy atom. The van der Waals surface area contributed by atoms with Gasteiger partial charge in [-0.1, -0.05) is 12.1 Å². The molecule has 1 aromatic carbocycles. The lowest BCUT2D eigenvalue weighted by Crippen LogP contribution is -2.28. The van der Waals surface area contributed by atoms with Crippen LogP contribution in [0.1, 0.15) is 52.3 Å². The van der Waals surface area contributed by atoms with E-state index in [4.69, 9.17) is 0 Å². The van der Waals surface area contributed by atoms with E-state index in [-0.39, 0.29) is 23.8 Å². The number of carbonyl (C=O) groups is 1. The van der Waals surface area contributed by atoms with Crippen molar-refractivity contribution in [1.82, 2.24) is 20.8 Å². The van der Waals surface area contributed by atoms with Gasteiger partial charge in [-0.05, 0) is 43.1 Å². The van der Waals surface area contributed by atoms with Crippen LogP contribution in [-0.2, 0) is 6.18 Å². The first-order valence-corrected chi connectivity index (χ1v) is 8.26. The quantitative estimate of drug-likeness (QED) is 0.652. The summed E-state index contributed by atoms with van der Waals surface area (Å²) >= 11 is 0. The topological polar surface area (TPSA) is 90.0 Å². The Morgan fingerprint density at radius 2 is 2.08 bits per heavy atom. The number of alkyl halides is 3. The van der Waals surface area contributed by atoms with E-state index in [1.807, 2.05) is 0 Å². The van der Waals surface area contributed by atoms with E-state index in [0.717, 1.165) is 37.2 Å². The molecule has 26 heavy (non-hydrogen) atoms. The van der Waals surface area contributed by atoms with Gasteiger partial charge in [0.05, 0.1) is 17.4 Å². The largest absolute Gasteiger partial charge is 0.416 e. The predicted octanol–water partition coefficient (Wildman–Crippen LogP) is 2.32. The van der Waals surface area contributed by atoms with Crippen LogP contribution in [0.15, 0.2) is 30.3 Å². The van der Waals surface area contributed by atoms with Crippen LogP contribution in [0, 0.1) is 0 Å². The smallest absolute Gasteiger partial charge is 0.387 e. The Bertz CT molecular complexity index is 752. The van der Waals surface area contributed by atoms with Crippen molar-refractivity contribution in [2.75, 3.05) is 13.1 Å². The van der Waals surface area contributed by atoms with E-state index in [2.05, 4.69) is 20.8 Å². The van der Waals surface area contributed by atoms with Crippen molar-refractivity contribution >= 4 is 5.91 Å². The molecule has 1 aromatic heterocycles. The summed E-state index contributed by atoms with van der Waals surface area (Å²) in [5, 5.41) is 22.7. The molecule has 1 fully saturated rings. The van der Waals surface area contributed by atoms with Gasteiger partial charge < -0.3 is 15.7 Å². The Labute approximate surface area is 147 Å². The monoisotopic (exact) mass is 368 g/mol. The molecule has 4 N–H and O–H groups in total. The Morgan fingerprint density at radius 3 is 2.69 bits per heavy atom. The maximum Gasteiger partial charge on any atom is 0.416 e. The van der Waals surface area contributed by atoms with Crippen molar-refractivity contribution in [3.8, 4) is 0 Å². The van der Waals surface area contributed by atoms with Crippen molar-refractivity contribution in [2.24, 2.45) is 0 Å². The molecule has 1 saturated heterocycles. The average Bonchev–Trinajstić information content (AvgIpc) is 3.29. The molecule has 0 saturated carbocycles. The molecular weight excluding hydrogens is 349 g/mol. The van der Waals surface area contributed by atoms with Crippen LogP contribution in [-0.4, -0.2) is 34.3 Å². The summed E-state index contributed by atoms with van der Waals surface area (Å²) in [6, 6.07) is 5.99. The summed E-state index contributed by atoms with van der Waals surface area (Å²) in [5.41, 5.74) is 0.530. The minimum atomic E-state index is -4.43. The van der Waals surface area contributed by atoms with E-state index in [1.54, 1.807) is 6.07 Å². The molecule has 0 radical (unpaired) electrons. The molecule has 2 atom stereocenters. The SMILES string of the molecule is O=C(NCC(O)c1ccc(C(F)(F)F)cc1)c1cc(C2CCCN2)[nH]n1. The molecule has 2 aromatic rings. The number of hydrogen-bond acceptors (Lipinski definition) is 4. The molecule has 2 heterocycles. The molecule has 2 unspecified atom stereocenters. The molecule has 3 rings (SSSR count). The van der Waals surface area contributed by atoms with Gasteiger partial charge in [0.25, 0.3) is 5.91 Å². The molecule has 9 heteroatoms. The number of halogens is 3. The molecule has 1 aliphatic rings. The third-order valence-corrected chi connectivity index (χ3v) is 4.34. The van der Waals surface area contributed by atoms with Crippen LogP contribution in [0.5, 0.6) is 0 Å². The Hall–Kier alpha value is -2.39. The molecule has 0 aliphatic carbocycles. The number of aromatic amines is 1. The summed E-state index contributed by atoms with van der Waals surface area (Å²) < 4.78 is 37.6. The fourth-order valence-electron chi connectivity index (χ4n) is 2.87. The normalized spacial score (nSPS) is 18.7. The number of benzene rings is 1. The number of H-pyrrole nitrogens is 1. The number of aromatic nitrogens is 2. The number of aliphatic hydroxyl groups excluding tert-OH is 1. The van der Waals surface area contributed by atoms with Gasteiger partial charge in [-0.15, -0.1) is 0 Å². The molecule has 1 aliphatic heterocycles. The van der Waals surface area contributed by atoms with E-state index in [1.165, 1.54) is 12.1 Å². The van der Waals surface area contributed by atoms with Crippen LogP contribution >= 0.6 is 0 Å².